The van der Waals surface area contributed by atoms with Crippen molar-refractivity contribution in [1.82, 2.24) is 10.2 Å². The lowest BCUT2D eigenvalue weighted by Gasteiger charge is -2.26. The molecule has 0 saturated carbocycles. The van der Waals surface area contributed by atoms with Gasteiger partial charge in [0.1, 0.15) is 0 Å². The molecular formula is C7H16N2O. The predicted molar refractivity (Wildman–Crippen MR) is 41.2 cm³/mol. The molecule has 1 heterocycles. The Labute approximate surface area is 62.3 Å². The van der Waals surface area contributed by atoms with E-state index in [4.69, 9.17) is 4.74 Å². The van der Waals surface area contributed by atoms with Crippen LogP contribution in [0.4, 0.5) is 0 Å². The van der Waals surface area contributed by atoms with Crippen LogP contribution in [0.5, 0.6) is 0 Å². The van der Waals surface area contributed by atoms with E-state index in [2.05, 4.69) is 24.3 Å². The number of hydrogen-bond donors (Lipinski definition) is 1. The first-order chi connectivity index (χ1) is 4.79. The fourth-order valence-corrected chi connectivity index (χ4v) is 1.18. The summed E-state index contributed by atoms with van der Waals surface area (Å²) in [5, 5.41) is 3.38. The lowest BCUT2D eigenvalue weighted by Crippen LogP contribution is -2.46. The summed E-state index contributed by atoms with van der Waals surface area (Å²) in [4.78, 5) is 2.17. The summed E-state index contributed by atoms with van der Waals surface area (Å²) >= 11 is 0. The molecule has 1 rings (SSSR count). The van der Waals surface area contributed by atoms with Crippen molar-refractivity contribution in [1.29, 1.82) is 0 Å². The molecule has 10 heavy (non-hydrogen) atoms. The number of morpholine rings is 1. The summed E-state index contributed by atoms with van der Waals surface area (Å²) in [6.45, 7) is 3.79. The van der Waals surface area contributed by atoms with Gasteiger partial charge in [-0.3, -0.25) is 0 Å². The maximum Gasteiger partial charge on any atom is 0.0632 e. The second-order valence-electron chi connectivity index (χ2n) is 2.99. The minimum atomic E-state index is 0.531. The Morgan fingerprint density at radius 2 is 2.40 bits per heavy atom. The van der Waals surface area contributed by atoms with Gasteiger partial charge in [0.2, 0.25) is 0 Å². The van der Waals surface area contributed by atoms with E-state index < -0.39 is 0 Å². The Morgan fingerprint density at radius 3 is 2.90 bits per heavy atom. The van der Waals surface area contributed by atoms with Crippen molar-refractivity contribution in [3.8, 4) is 0 Å². The van der Waals surface area contributed by atoms with Crippen molar-refractivity contribution in [2.45, 2.75) is 6.04 Å². The molecule has 3 nitrogen and oxygen atoms in total. The molecular weight excluding hydrogens is 128 g/mol. The van der Waals surface area contributed by atoms with E-state index in [-0.39, 0.29) is 0 Å². The van der Waals surface area contributed by atoms with Gasteiger partial charge in [0.25, 0.3) is 0 Å². The zero-order valence-corrected chi connectivity index (χ0v) is 6.76. The van der Waals surface area contributed by atoms with Crippen LogP contribution >= 0.6 is 0 Å². The lowest BCUT2D eigenvalue weighted by atomic mass is 10.3. The van der Waals surface area contributed by atoms with Crippen molar-refractivity contribution < 1.29 is 4.74 Å². The first-order valence-corrected chi connectivity index (χ1v) is 3.75. The van der Waals surface area contributed by atoms with E-state index in [1.54, 1.807) is 0 Å². The average molecular weight is 144 g/mol. The van der Waals surface area contributed by atoms with Gasteiger partial charge >= 0.3 is 0 Å². The molecule has 0 radical (unpaired) electrons. The van der Waals surface area contributed by atoms with E-state index >= 15 is 0 Å². The molecule has 1 atom stereocenters. The number of hydrogen-bond acceptors (Lipinski definition) is 3. The quantitative estimate of drug-likeness (QED) is 0.567. The Balaban J connectivity index is 2.13. The summed E-state index contributed by atoms with van der Waals surface area (Å²) in [5.74, 6) is 0. The smallest absolute Gasteiger partial charge is 0.0632 e. The molecule has 0 spiro atoms. The van der Waals surface area contributed by atoms with Crippen molar-refractivity contribution in [3.05, 3.63) is 0 Å². The van der Waals surface area contributed by atoms with Crippen LogP contribution in [0.1, 0.15) is 0 Å². The van der Waals surface area contributed by atoms with Crippen LogP contribution in [0.2, 0.25) is 0 Å². The number of likely N-dealkylation sites (N-methyl/N-ethyl adjacent to an activating group) is 1. The zero-order chi connectivity index (χ0) is 7.40. The minimum Gasteiger partial charge on any atom is -0.378 e. The van der Waals surface area contributed by atoms with Crippen LogP contribution in [0.3, 0.4) is 0 Å². The van der Waals surface area contributed by atoms with E-state index in [1.165, 1.54) is 0 Å². The first-order valence-electron chi connectivity index (χ1n) is 3.75. The monoisotopic (exact) mass is 144 g/mol. The Morgan fingerprint density at radius 1 is 1.60 bits per heavy atom. The summed E-state index contributed by atoms with van der Waals surface area (Å²) in [5.41, 5.74) is 0. The zero-order valence-electron chi connectivity index (χ0n) is 6.76. The highest BCUT2D eigenvalue weighted by atomic mass is 16.5. The van der Waals surface area contributed by atoms with Crippen molar-refractivity contribution in [2.75, 3.05) is 40.4 Å². The van der Waals surface area contributed by atoms with Crippen LogP contribution in [-0.2, 0) is 4.74 Å². The molecule has 0 unspecified atom stereocenters. The van der Waals surface area contributed by atoms with E-state index in [9.17, 15) is 0 Å². The van der Waals surface area contributed by atoms with Crippen LogP contribution in [0.25, 0.3) is 0 Å². The van der Waals surface area contributed by atoms with Crippen molar-refractivity contribution in [3.63, 3.8) is 0 Å². The Kier molecular flexibility index (Phi) is 3.12. The largest absolute Gasteiger partial charge is 0.378 e. The van der Waals surface area contributed by atoms with Gasteiger partial charge in [-0.05, 0) is 14.1 Å². The number of rotatable bonds is 2. The van der Waals surface area contributed by atoms with E-state index in [1.807, 2.05) is 0 Å². The molecule has 0 amide bonds. The third-order valence-corrected chi connectivity index (χ3v) is 1.58. The van der Waals surface area contributed by atoms with E-state index in [0.29, 0.717) is 6.04 Å². The summed E-state index contributed by atoms with van der Waals surface area (Å²) in [6.07, 6.45) is 0. The van der Waals surface area contributed by atoms with Crippen LogP contribution in [0, 0.1) is 0 Å². The van der Waals surface area contributed by atoms with Gasteiger partial charge in [-0.25, -0.2) is 0 Å². The SMILES string of the molecule is CN(C)C[C@H]1COCCN1. The minimum absolute atomic E-state index is 0.531. The third-order valence-electron chi connectivity index (χ3n) is 1.58. The van der Waals surface area contributed by atoms with Gasteiger partial charge in [0, 0.05) is 19.1 Å². The normalized spacial score (nSPS) is 27.3. The van der Waals surface area contributed by atoms with Crippen LogP contribution < -0.4 is 5.32 Å². The number of nitrogens with zero attached hydrogens (tertiary/aromatic N) is 1. The Hall–Kier alpha value is -0.120. The molecule has 1 saturated heterocycles. The Bertz CT molecular complexity index is 89.6. The molecule has 1 aliphatic heterocycles. The van der Waals surface area contributed by atoms with Crippen LogP contribution in [-0.4, -0.2) is 51.3 Å². The maximum absolute atomic E-state index is 5.29. The highest BCUT2D eigenvalue weighted by molar-refractivity contribution is 4.71. The molecule has 3 heteroatoms. The van der Waals surface area contributed by atoms with Gasteiger partial charge in [-0.2, -0.15) is 0 Å². The van der Waals surface area contributed by atoms with Gasteiger partial charge in [0.15, 0.2) is 0 Å². The fraction of sp³-hybridized carbons (Fsp3) is 1.00. The molecule has 60 valence electrons. The van der Waals surface area contributed by atoms with Crippen molar-refractivity contribution in [2.24, 2.45) is 0 Å². The van der Waals surface area contributed by atoms with Crippen LogP contribution in [0.15, 0.2) is 0 Å². The molecule has 0 aromatic rings. The van der Waals surface area contributed by atoms with E-state index in [0.717, 1.165) is 26.3 Å². The van der Waals surface area contributed by atoms with Gasteiger partial charge in [-0.1, -0.05) is 0 Å². The average Bonchev–Trinajstić information content (AvgIpc) is 1.88. The molecule has 0 aromatic carbocycles. The molecule has 0 aliphatic carbocycles. The second-order valence-corrected chi connectivity index (χ2v) is 2.99. The topological polar surface area (TPSA) is 24.5 Å². The lowest BCUT2D eigenvalue weighted by molar-refractivity contribution is 0.0680. The van der Waals surface area contributed by atoms with Gasteiger partial charge in [0.05, 0.1) is 13.2 Å². The fourth-order valence-electron chi connectivity index (χ4n) is 1.18. The second kappa shape index (κ2) is 3.91. The number of ether oxygens (including phenoxy) is 1. The van der Waals surface area contributed by atoms with Gasteiger partial charge in [-0.15, -0.1) is 0 Å². The maximum atomic E-state index is 5.29. The molecule has 1 fully saturated rings. The first kappa shape index (κ1) is 7.98. The summed E-state index contributed by atoms with van der Waals surface area (Å²) in [6, 6.07) is 0.531. The molecule has 1 N–H and O–H groups in total. The van der Waals surface area contributed by atoms with Gasteiger partial charge < -0.3 is 15.0 Å². The van der Waals surface area contributed by atoms with Crippen molar-refractivity contribution >= 4 is 0 Å². The summed E-state index contributed by atoms with van der Waals surface area (Å²) in [7, 11) is 4.16. The molecule has 0 bridgehead atoms. The summed E-state index contributed by atoms with van der Waals surface area (Å²) < 4.78 is 5.29. The third kappa shape index (κ3) is 2.64. The highest BCUT2D eigenvalue weighted by Crippen LogP contribution is 1.93. The highest BCUT2D eigenvalue weighted by Gasteiger charge is 2.12. The molecule has 0 aromatic heterocycles. The standard InChI is InChI=1S/C7H16N2O/c1-9(2)5-7-6-10-4-3-8-7/h7-8H,3-6H2,1-2H3/t7-/m0/s1. The molecule has 1 aliphatic rings. The number of nitrogens with one attached hydrogen (secondary N) is 1. The predicted octanol–water partition coefficient (Wildman–Crippen LogP) is -0.464.